The van der Waals surface area contributed by atoms with Crippen molar-refractivity contribution in [2.24, 2.45) is 0 Å². The number of rotatable bonds is 8. The Morgan fingerprint density at radius 2 is 1.74 bits per heavy atom. The molecule has 2 aromatic carbocycles. The quantitative estimate of drug-likeness (QED) is 0.177. The van der Waals surface area contributed by atoms with E-state index < -0.39 is 42.4 Å². The van der Waals surface area contributed by atoms with Crippen LogP contribution in [0.1, 0.15) is 0 Å². The summed E-state index contributed by atoms with van der Waals surface area (Å²) in [6.45, 7) is -1.13. The maximum atomic E-state index is 13.8. The maximum Gasteiger partial charge on any atom is 0.446 e. The Labute approximate surface area is 153 Å². The molecular weight excluding hydrogens is 400 g/mol. The third-order valence-corrected chi connectivity index (χ3v) is 3.99. The number of aromatic hydroxyl groups is 1. The molecule has 0 radical (unpaired) electrons. The molecule has 1 atom stereocenters. The van der Waals surface area contributed by atoms with Gasteiger partial charge in [-0.3, -0.25) is 5.04 Å². The van der Waals surface area contributed by atoms with E-state index in [4.69, 9.17) is 4.74 Å². The molecule has 0 fully saturated rings. The highest BCUT2D eigenvalue weighted by Gasteiger charge is 2.65. The van der Waals surface area contributed by atoms with Gasteiger partial charge in [0.25, 0.3) is 0 Å². The molecule has 2 aromatic rings. The number of phenolic OH excluding ortho intramolecular Hbond substituents is 1. The summed E-state index contributed by atoms with van der Waals surface area (Å²) < 4.78 is 64.7. The van der Waals surface area contributed by atoms with Crippen LogP contribution in [0.2, 0.25) is 0 Å². The van der Waals surface area contributed by atoms with Crippen molar-refractivity contribution < 1.29 is 51.6 Å². The second-order valence-corrected chi connectivity index (χ2v) is 5.79. The highest BCUT2D eigenvalue weighted by Crippen LogP contribution is 2.44. The third-order valence-electron chi connectivity index (χ3n) is 3.24. The zero-order chi connectivity index (χ0) is 20.1. The van der Waals surface area contributed by atoms with Crippen LogP contribution in [-0.4, -0.2) is 35.5 Å². The van der Waals surface area contributed by atoms with Crippen LogP contribution >= 0.6 is 12.0 Å². The Kier molecular flexibility index (Phi) is 6.70. The number of halogens is 4. The molecule has 0 aliphatic carbocycles. The van der Waals surface area contributed by atoms with E-state index in [2.05, 4.69) is 14.1 Å². The van der Waals surface area contributed by atoms with Crippen molar-refractivity contribution >= 4 is 28.8 Å². The smallest absolute Gasteiger partial charge is 0.446 e. The predicted octanol–water partition coefficient (Wildman–Crippen LogP) is 2.57. The third kappa shape index (κ3) is 4.71. The Balaban J connectivity index is 1.98. The van der Waals surface area contributed by atoms with Gasteiger partial charge in [-0.2, -0.15) is 17.5 Å². The second kappa shape index (κ2) is 8.61. The van der Waals surface area contributed by atoms with E-state index in [0.717, 1.165) is 0 Å². The summed E-state index contributed by atoms with van der Waals surface area (Å²) >= 11 is -1.17. The van der Waals surface area contributed by atoms with Crippen molar-refractivity contribution in [2.45, 2.75) is 11.2 Å². The van der Waals surface area contributed by atoms with E-state index >= 15 is 0 Å². The van der Waals surface area contributed by atoms with Crippen molar-refractivity contribution in [1.29, 1.82) is 0 Å². The van der Waals surface area contributed by atoms with Crippen LogP contribution in [0.5, 0.6) is 11.5 Å². The SMILES string of the molecule is O=C(OCCOc1cccc2c(O)cccc12)C(F)(SOO[O-])C(F)(F)F. The minimum atomic E-state index is -5.72. The summed E-state index contributed by atoms with van der Waals surface area (Å²) in [4.78, 5) is 11.4. The highest BCUT2D eigenvalue weighted by molar-refractivity contribution is 7.96. The lowest BCUT2D eigenvalue weighted by Gasteiger charge is -2.24. The number of carbonyl (C=O) groups excluding carboxylic acids is 1. The predicted molar refractivity (Wildman–Crippen MR) is 81.7 cm³/mol. The molecule has 0 aromatic heterocycles. The van der Waals surface area contributed by atoms with Crippen LogP contribution in [0.4, 0.5) is 17.6 Å². The van der Waals surface area contributed by atoms with Gasteiger partial charge in [-0.15, -0.1) is 0 Å². The molecule has 0 heterocycles. The first-order chi connectivity index (χ1) is 12.7. The lowest BCUT2D eigenvalue weighted by molar-refractivity contribution is -0.777. The first-order valence-corrected chi connectivity index (χ1v) is 7.85. The Hall–Kier alpha value is -2.28. The summed E-state index contributed by atoms with van der Waals surface area (Å²) in [6.07, 6.45) is -5.72. The lowest BCUT2D eigenvalue weighted by Crippen LogP contribution is -2.47. The zero-order valence-electron chi connectivity index (χ0n) is 13.2. The minimum Gasteiger partial charge on any atom is -0.691 e. The van der Waals surface area contributed by atoms with Crippen molar-refractivity contribution in [2.75, 3.05) is 13.2 Å². The molecule has 7 nitrogen and oxygen atoms in total. The van der Waals surface area contributed by atoms with Crippen LogP contribution < -0.4 is 9.99 Å². The summed E-state index contributed by atoms with van der Waals surface area (Å²) in [5, 5.41) is 18.3. The fourth-order valence-corrected chi connectivity index (χ4v) is 2.37. The Bertz CT molecular complexity index is 801. The molecule has 0 amide bonds. The molecule has 0 aliphatic rings. The largest absolute Gasteiger partial charge is 0.691 e. The summed E-state index contributed by atoms with van der Waals surface area (Å²) in [6, 6.07) is 9.35. The van der Waals surface area contributed by atoms with Gasteiger partial charge in [0.2, 0.25) is 0 Å². The van der Waals surface area contributed by atoms with Crippen LogP contribution in [0.3, 0.4) is 0 Å². The first-order valence-electron chi connectivity index (χ1n) is 7.11. The number of ether oxygens (including phenoxy) is 2. The van der Waals surface area contributed by atoms with Crippen LogP contribution in [0.25, 0.3) is 10.8 Å². The number of hydrogen-bond acceptors (Lipinski definition) is 8. The van der Waals surface area contributed by atoms with Crippen LogP contribution in [0.15, 0.2) is 36.4 Å². The van der Waals surface area contributed by atoms with Gasteiger partial charge < -0.3 is 19.8 Å². The van der Waals surface area contributed by atoms with Gasteiger partial charge >= 0.3 is 17.1 Å². The number of alkyl halides is 4. The van der Waals surface area contributed by atoms with Gasteiger partial charge in [0.05, 0.1) is 12.0 Å². The van der Waals surface area contributed by atoms with Crippen molar-refractivity contribution in [3.63, 3.8) is 0 Å². The van der Waals surface area contributed by atoms with E-state index in [9.17, 15) is 32.7 Å². The van der Waals surface area contributed by atoms with Gasteiger partial charge in [-0.05, 0) is 12.1 Å². The van der Waals surface area contributed by atoms with Crippen molar-refractivity contribution in [3.05, 3.63) is 36.4 Å². The number of phenols is 1. The number of esters is 1. The lowest BCUT2D eigenvalue weighted by atomic mass is 10.1. The maximum absolute atomic E-state index is 13.8. The molecule has 27 heavy (non-hydrogen) atoms. The number of fused-ring (bicyclic) bond motifs is 1. The fraction of sp³-hybridized carbons (Fsp3) is 0.267. The molecular formula is C15H11F4O7S-. The van der Waals surface area contributed by atoms with Gasteiger partial charge in [0.1, 0.15) is 24.7 Å². The molecule has 12 heteroatoms. The van der Waals surface area contributed by atoms with Crippen LogP contribution in [0, 0.1) is 0 Å². The molecule has 1 N–H and O–H groups in total. The van der Waals surface area contributed by atoms with Gasteiger partial charge in [0, 0.05) is 10.8 Å². The van der Waals surface area contributed by atoms with Crippen molar-refractivity contribution in [3.8, 4) is 11.5 Å². The van der Waals surface area contributed by atoms with Gasteiger partial charge in [0.15, 0.2) is 0 Å². The van der Waals surface area contributed by atoms with Crippen molar-refractivity contribution in [1.82, 2.24) is 0 Å². The van der Waals surface area contributed by atoms with E-state index in [1.54, 1.807) is 24.3 Å². The normalized spacial score (nSPS) is 14.0. The van der Waals surface area contributed by atoms with E-state index in [0.29, 0.717) is 10.8 Å². The Morgan fingerprint density at radius 3 is 2.41 bits per heavy atom. The monoisotopic (exact) mass is 411 g/mol. The molecule has 0 aliphatic heterocycles. The second-order valence-electron chi connectivity index (χ2n) is 4.93. The summed E-state index contributed by atoms with van der Waals surface area (Å²) in [5.74, 6) is -2.08. The Morgan fingerprint density at radius 1 is 1.07 bits per heavy atom. The number of carbonyl (C=O) groups is 1. The standard InChI is InChI=1S/C15H12F4O7S/c16-14(15(17,18)19,27-26-25-22)13(21)24-8-7-23-12-6-2-3-9-10(12)4-1-5-11(9)20/h1-6,20,22H,7-8H2/p-1. The number of hydrogen-bond donors (Lipinski definition) is 1. The average Bonchev–Trinajstić information content (AvgIpc) is 2.62. The fourth-order valence-electron chi connectivity index (χ4n) is 2.03. The van der Waals surface area contributed by atoms with Crippen LogP contribution in [-0.2, 0) is 18.9 Å². The molecule has 1 unspecified atom stereocenters. The summed E-state index contributed by atoms with van der Waals surface area (Å²) in [5.41, 5.74) is 0. The molecule has 0 spiro atoms. The van der Waals surface area contributed by atoms with E-state index in [-0.39, 0.29) is 11.5 Å². The molecule has 0 bridgehead atoms. The molecule has 0 saturated carbocycles. The van der Waals surface area contributed by atoms with Gasteiger partial charge in [-0.25, -0.2) is 9.18 Å². The van der Waals surface area contributed by atoms with E-state index in [1.807, 2.05) is 0 Å². The molecule has 148 valence electrons. The minimum absolute atomic E-state index is 0.00520. The number of benzene rings is 2. The molecule has 0 saturated heterocycles. The highest BCUT2D eigenvalue weighted by atomic mass is 32.2. The molecule has 2 rings (SSSR count). The zero-order valence-corrected chi connectivity index (χ0v) is 14.0. The topological polar surface area (TPSA) is 97.3 Å². The van der Waals surface area contributed by atoms with E-state index in [1.165, 1.54) is 12.1 Å². The average molecular weight is 411 g/mol. The first kappa shape index (κ1) is 21.0. The van der Waals surface area contributed by atoms with Gasteiger partial charge in [-0.1, -0.05) is 24.3 Å². The summed E-state index contributed by atoms with van der Waals surface area (Å²) in [7, 11) is 0.